The van der Waals surface area contributed by atoms with Gasteiger partial charge in [-0.15, -0.1) is 21.5 Å². The fourth-order valence-corrected chi connectivity index (χ4v) is 5.05. The third kappa shape index (κ3) is 6.10. The summed E-state index contributed by atoms with van der Waals surface area (Å²) in [6, 6.07) is 18.0. The number of rotatable bonds is 9. The van der Waals surface area contributed by atoms with E-state index in [2.05, 4.69) is 46.5 Å². The Bertz CT molecular complexity index is 1260. The molecule has 4 rings (SSSR count). The Morgan fingerprint density at radius 1 is 1.06 bits per heavy atom. The highest BCUT2D eigenvalue weighted by atomic mass is 32.2. The van der Waals surface area contributed by atoms with E-state index in [1.165, 1.54) is 28.7 Å². The average Bonchev–Trinajstić information content (AvgIpc) is 3.41. The van der Waals surface area contributed by atoms with Crippen LogP contribution in [0.5, 0.6) is 5.75 Å². The number of nitrogens with zero attached hydrogens (tertiary/aromatic N) is 4. The van der Waals surface area contributed by atoms with Crippen molar-refractivity contribution in [2.24, 2.45) is 0 Å². The minimum absolute atomic E-state index is 0.137. The van der Waals surface area contributed by atoms with Crippen molar-refractivity contribution in [3.05, 3.63) is 76.6 Å². The minimum atomic E-state index is -0.350. The molecule has 1 N–H and O–H groups in total. The van der Waals surface area contributed by atoms with E-state index in [0.717, 1.165) is 22.0 Å². The lowest BCUT2D eigenvalue weighted by Crippen LogP contribution is -2.15. The number of hydrogen-bond donors (Lipinski definition) is 1. The van der Waals surface area contributed by atoms with Gasteiger partial charge >= 0.3 is 0 Å². The largest absolute Gasteiger partial charge is 0.483 e. The molecular formula is C26H29N5O2S2. The van der Waals surface area contributed by atoms with Crippen molar-refractivity contribution in [2.75, 3.05) is 11.1 Å². The Kier molecular flexibility index (Phi) is 7.87. The monoisotopic (exact) mass is 507 g/mol. The Morgan fingerprint density at radius 2 is 1.77 bits per heavy atom. The summed E-state index contributed by atoms with van der Waals surface area (Å²) in [7, 11) is 0. The van der Waals surface area contributed by atoms with E-state index in [1.807, 2.05) is 67.8 Å². The molecule has 0 aliphatic heterocycles. The summed E-state index contributed by atoms with van der Waals surface area (Å²) in [4.78, 5) is 18.0. The van der Waals surface area contributed by atoms with Crippen LogP contribution in [0.4, 0.5) is 5.13 Å². The number of anilines is 1. The van der Waals surface area contributed by atoms with Gasteiger partial charge in [-0.2, -0.15) is 0 Å². The first-order chi connectivity index (χ1) is 16.8. The number of ether oxygens (including phenoxy) is 1. The Morgan fingerprint density at radius 3 is 2.40 bits per heavy atom. The van der Waals surface area contributed by atoms with Crippen molar-refractivity contribution in [3.63, 3.8) is 0 Å². The van der Waals surface area contributed by atoms with Crippen molar-refractivity contribution in [1.29, 1.82) is 0 Å². The molecule has 0 aliphatic rings. The van der Waals surface area contributed by atoms with Gasteiger partial charge in [-0.3, -0.25) is 9.36 Å². The summed E-state index contributed by atoms with van der Waals surface area (Å²) >= 11 is 2.80. The SMILES string of the molecule is Cc1nc(NC(=O)CSc2nnc(C(C)Oc3ccc(C(C)C)cc3)n2-c2ccccc2)sc1C. The molecule has 0 fully saturated rings. The third-order valence-corrected chi connectivity index (χ3v) is 7.42. The summed E-state index contributed by atoms with van der Waals surface area (Å²) in [5.74, 6) is 1.95. The highest BCUT2D eigenvalue weighted by Gasteiger charge is 2.22. The molecule has 0 radical (unpaired) electrons. The normalized spacial score (nSPS) is 12.1. The molecule has 1 amide bonds. The van der Waals surface area contributed by atoms with Crippen LogP contribution in [0.3, 0.4) is 0 Å². The van der Waals surface area contributed by atoms with Gasteiger partial charge in [0.25, 0.3) is 0 Å². The zero-order valence-corrected chi connectivity index (χ0v) is 22.1. The average molecular weight is 508 g/mol. The molecule has 2 aromatic heterocycles. The summed E-state index contributed by atoms with van der Waals surface area (Å²) in [5.41, 5.74) is 3.10. The predicted octanol–water partition coefficient (Wildman–Crippen LogP) is 6.33. The van der Waals surface area contributed by atoms with Crippen LogP contribution in [-0.2, 0) is 4.79 Å². The van der Waals surface area contributed by atoms with Gasteiger partial charge in [0.15, 0.2) is 22.2 Å². The maximum absolute atomic E-state index is 12.6. The molecule has 7 nitrogen and oxygen atoms in total. The van der Waals surface area contributed by atoms with Gasteiger partial charge in [0, 0.05) is 10.6 Å². The van der Waals surface area contributed by atoms with E-state index < -0.39 is 0 Å². The van der Waals surface area contributed by atoms with Crippen LogP contribution in [0, 0.1) is 13.8 Å². The number of nitrogens with one attached hydrogen (secondary N) is 1. The molecule has 2 aromatic carbocycles. The van der Waals surface area contributed by atoms with E-state index in [1.54, 1.807) is 0 Å². The first-order valence-corrected chi connectivity index (χ1v) is 13.3. The number of aromatic nitrogens is 4. The molecule has 182 valence electrons. The highest BCUT2D eigenvalue weighted by molar-refractivity contribution is 7.99. The Balaban J connectivity index is 1.52. The fraction of sp³-hybridized carbons (Fsp3) is 0.308. The zero-order valence-electron chi connectivity index (χ0n) is 20.5. The van der Waals surface area contributed by atoms with E-state index in [-0.39, 0.29) is 17.8 Å². The van der Waals surface area contributed by atoms with Gasteiger partial charge in [-0.1, -0.05) is 55.9 Å². The molecule has 0 aliphatic carbocycles. The lowest BCUT2D eigenvalue weighted by Gasteiger charge is -2.17. The minimum Gasteiger partial charge on any atom is -0.483 e. The molecule has 0 spiro atoms. The third-order valence-electron chi connectivity index (χ3n) is 5.50. The number of para-hydroxylation sites is 1. The van der Waals surface area contributed by atoms with Crippen molar-refractivity contribution < 1.29 is 9.53 Å². The standard InChI is InChI=1S/C26H29N5O2S2/c1-16(2)20-11-13-22(14-12-20)33-18(4)24-29-30-26(31(24)21-9-7-6-8-10-21)34-15-23(32)28-25-27-17(3)19(5)35-25/h6-14,16,18H,15H2,1-5H3,(H,27,28,32). The van der Waals surface area contributed by atoms with Crippen LogP contribution in [0.1, 0.15) is 54.8 Å². The van der Waals surface area contributed by atoms with Crippen LogP contribution in [0.15, 0.2) is 59.8 Å². The van der Waals surface area contributed by atoms with Crippen LogP contribution < -0.4 is 10.1 Å². The van der Waals surface area contributed by atoms with Gasteiger partial charge in [-0.25, -0.2) is 4.98 Å². The van der Waals surface area contributed by atoms with Crippen LogP contribution in [0.25, 0.3) is 5.69 Å². The number of amides is 1. The maximum Gasteiger partial charge on any atom is 0.236 e. The van der Waals surface area contributed by atoms with Gasteiger partial charge in [-0.05, 0) is 56.5 Å². The lowest BCUT2D eigenvalue weighted by molar-refractivity contribution is -0.113. The molecular weight excluding hydrogens is 478 g/mol. The van der Waals surface area contributed by atoms with Gasteiger partial charge in [0.05, 0.1) is 11.4 Å². The lowest BCUT2D eigenvalue weighted by atomic mass is 10.0. The molecule has 1 unspecified atom stereocenters. The van der Waals surface area contributed by atoms with Crippen molar-refractivity contribution in [2.45, 2.75) is 51.8 Å². The summed E-state index contributed by atoms with van der Waals surface area (Å²) in [6.07, 6.45) is -0.350. The van der Waals surface area contributed by atoms with Crippen LogP contribution >= 0.6 is 23.1 Å². The van der Waals surface area contributed by atoms with Crippen LogP contribution in [0.2, 0.25) is 0 Å². The summed E-state index contributed by atoms with van der Waals surface area (Å²) in [5, 5.41) is 12.9. The summed E-state index contributed by atoms with van der Waals surface area (Å²) < 4.78 is 8.16. The summed E-state index contributed by atoms with van der Waals surface area (Å²) in [6.45, 7) is 10.2. The molecule has 1 atom stereocenters. The molecule has 0 saturated heterocycles. The van der Waals surface area contributed by atoms with Gasteiger partial charge < -0.3 is 10.1 Å². The Labute approximate surface area is 214 Å². The van der Waals surface area contributed by atoms with Crippen molar-refractivity contribution in [3.8, 4) is 11.4 Å². The first-order valence-electron chi connectivity index (χ1n) is 11.5. The molecule has 4 aromatic rings. The second kappa shape index (κ2) is 11.0. The second-order valence-electron chi connectivity index (χ2n) is 8.49. The Hall–Kier alpha value is -3.17. The van der Waals surface area contributed by atoms with Crippen LogP contribution in [-0.4, -0.2) is 31.4 Å². The van der Waals surface area contributed by atoms with E-state index in [4.69, 9.17) is 4.74 Å². The molecule has 35 heavy (non-hydrogen) atoms. The van der Waals surface area contributed by atoms with Gasteiger partial charge in [0.2, 0.25) is 5.91 Å². The predicted molar refractivity (Wildman–Crippen MR) is 142 cm³/mol. The second-order valence-corrected chi connectivity index (χ2v) is 10.6. The number of thiazole rings is 1. The van der Waals surface area contributed by atoms with Gasteiger partial charge in [0.1, 0.15) is 5.75 Å². The van der Waals surface area contributed by atoms with E-state index in [9.17, 15) is 4.79 Å². The fourth-order valence-electron chi connectivity index (χ4n) is 3.46. The first kappa shape index (κ1) is 24.9. The number of aryl methyl sites for hydroxylation is 2. The number of carbonyl (C=O) groups excluding carboxylic acids is 1. The quantitative estimate of drug-likeness (QED) is 0.266. The molecule has 0 saturated carbocycles. The van der Waals surface area contributed by atoms with Crippen molar-refractivity contribution in [1.82, 2.24) is 19.7 Å². The highest BCUT2D eigenvalue weighted by Crippen LogP contribution is 2.29. The molecule has 9 heteroatoms. The molecule has 0 bridgehead atoms. The smallest absolute Gasteiger partial charge is 0.236 e. The van der Waals surface area contributed by atoms with E-state index in [0.29, 0.717) is 22.0 Å². The number of hydrogen-bond acceptors (Lipinski definition) is 7. The number of thioether (sulfide) groups is 1. The topological polar surface area (TPSA) is 81.9 Å². The molecule has 2 heterocycles. The maximum atomic E-state index is 12.6. The number of benzene rings is 2. The van der Waals surface area contributed by atoms with E-state index >= 15 is 0 Å². The number of carbonyl (C=O) groups is 1. The van der Waals surface area contributed by atoms with Crippen molar-refractivity contribution >= 4 is 34.1 Å². The zero-order chi connectivity index (χ0) is 24.9.